The molecule has 114 valence electrons. The highest BCUT2D eigenvalue weighted by molar-refractivity contribution is 8.00. The maximum atomic E-state index is 12.1. The number of allylic oxidation sites excluding steroid dienone is 1. The van der Waals surface area contributed by atoms with E-state index in [9.17, 15) is 4.79 Å². The van der Waals surface area contributed by atoms with Crippen LogP contribution in [0.25, 0.3) is 0 Å². The molecule has 0 aromatic heterocycles. The first-order valence-electron chi connectivity index (χ1n) is 7.84. The summed E-state index contributed by atoms with van der Waals surface area (Å²) in [4.78, 5) is 13.3. The number of nitrogens with one attached hydrogen (secondary N) is 1. The Kier molecular flexibility index (Phi) is 6.37. The van der Waals surface area contributed by atoms with Crippen LogP contribution >= 0.6 is 11.8 Å². The predicted octanol–water partition coefficient (Wildman–Crippen LogP) is 4.48. The molecule has 1 aliphatic carbocycles. The van der Waals surface area contributed by atoms with Crippen molar-refractivity contribution in [1.29, 1.82) is 0 Å². The van der Waals surface area contributed by atoms with Gasteiger partial charge in [-0.05, 0) is 58.1 Å². The molecule has 1 aliphatic rings. The number of hydrogen-bond donors (Lipinski definition) is 1. The number of benzene rings is 1. The van der Waals surface area contributed by atoms with Crippen LogP contribution in [0.1, 0.15) is 44.6 Å². The van der Waals surface area contributed by atoms with Crippen LogP contribution in [-0.4, -0.2) is 17.7 Å². The summed E-state index contributed by atoms with van der Waals surface area (Å²) < 4.78 is 0. The highest BCUT2D eigenvalue weighted by Gasteiger charge is 2.14. The first-order valence-corrected chi connectivity index (χ1v) is 8.72. The summed E-state index contributed by atoms with van der Waals surface area (Å²) >= 11 is 1.62. The summed E-state index contributed by atoms with van der Waals surface area (Å²) in [7, 11) is 0. The van der Waals surface area contributed by atoms with Crippen LogP contribution in [0, 0.1) is 6.92 Å². The molecule has 0 unspecified atom stereocenters. The van der Waals surface area contributed by atoms with E-state index in [1.165, 1.54) is 36.8 Å². The maximum absolute atomic E-state index is 12.1. The Morgan fingerprint density at radius 3 is 2.71 bits per heavy atom. The third-order valence-electron chi connectivity index (χ3n) is 3.83. The van der Waals surface area contributed by atoms with E-state index in [1.54, 1.807) is 11.8 Å². The fourth-order valence-electron chi connectivity index (χ4n) is 2.50. The molecule has 3 heteroatoms. The lowest BCUT2D eigenvalue weighted by Crippen LogP contribution is -2.31. The van der Waals surface area contributed by atoms with Crippen molar-refractivity contribution in [2.45, 2.75) is 56.1 Å². The number of carbonyl (C=O) groups is 1. The minimum Gasteiger partial charge on any atom is -0.355 e. The monoisotopic (exact) mass is 303 g/mol. The predicted molar refractivity (Wildman–Crippen MR) is 90.7 cm³/mol. The van der Waals surface area contributed by atoms with Crippen molar-refractivity contribution in [3.63, 3.8) is 0 Å². The van der Waals surface area contributed by atoms with Crippen LogP contribution in [0.3, 0.4) is 0 Å². The summed E-state index contributed by atoms with van der Waals surface area (Å²) in [5.74, 6) is 0.136. The Balaban J connectivity index is 1.72. The van der Waals surface area contributed by atoms with Gasteiger partial charge >= 0.3 is 0 Å². The number of amides is 1. The van der Waals surface area contributed by atoms with Crippen molar-refractivity contribution in [2.24, 2.45) is 0 Å². The fraction of sp³-hybridized carbons (Fsp3) is 0.500. The summed E-state index contributed by atoms with van der Waals surface area (Å²) in [5, 5.41) is 3.01. The molecular weight excluding hydrogens is 278 g/mol. The van der Waals surface area contributed by atoms with Gasteiger partial charge in [0.2, 0.25) is 5.91 Å². The molecule has 0 saturated heterocycles. The molecule has 21 heavy (non-hydrogen) atoms. The van der Waals surface area contributed by atoms with Crippen LogP contribution in [-0.2, 0) is 4.79 Å². The van der Waals surface area contributed by atoms with E-state index in [0.717, 1.165) is 17.9 Å². The molecule has 1 amide bonds. The first kappa shape index (κ1) is 16.2. The minimum absolute atomic E-state index is 0.0481. The van der Waals surface area contributed by atoms with Crippen LogP contribution in [0.4, 0.5) is 0 Å². The third kappa shape index (κ3) is 5.58. The lowest BCUT2D eigenvalue weighted by Gasteiger charge is -2.15. The Labute approximate surface area is 132 Å². The first-order chi connectivity index (χ1) is 10.1. The molecule has 0 bridgehead atoms. The van der Waals surface area contributed by atoms with Crippen LogP contribution in [0.15, 0.2) is 40.8 Å². The molecule has 1 atom stereocenters. The van der Waals surface area contributed by atoms with E-state index >= 15 is 0 Å². The molecule has 2 rings (SSSR count). The topological polar surface area (TPSA) is 29.1 Å². The van der Waals surface area contributed by atoms with E-state index in [-0.39, 0.29) is 11.2 Å². The SMILES string of the molecule is Cc1ccc(S[C@@H](C)C(=O)NCCC2=CCCCC2)cc1. The fourth-order valence-corrected chi connectivity index (χ4v) is 3.39. The standard InChI is InChI=1S/C18H25NOS/c1-14-8-10-17(11-9-14)21-15(2)18(20)19-13-12-16-6-4-3-5-7-16/h6,8-11,15H,3-5,7,12-13H2,1-2H3,(H,19,20)/t15-/m0/s1. The summed E-state index contributed by atoms with van der Waals surface area (Å²) in [6, 6.07) is 8.33. The van der Waals surface area contributed by atoms with Gasteiger partial charge in [-0.3, -0.25) is 4.79 Å². The van der Waals surface area contributed by atoms with Gasteiger partial charge in [-0.25, -0.2) is 0 Å². The van der Waals surface area contributed by atoms with Gasteiger partial charge in [0, 0.05) is 11.4 Å². The van der Waals surface area contributed by atoms with Crippen molar-refractivity contribution in [3.05, 3.63) is 41.5 Å². The Morgan fingerprint density at radius 2 is 2.05 bits per heavy atom. The van der Waals surface area contributed by atoms with Gasteiger partial charge in [0.1, 0.15) is 0 Å². The zero-order valence-electron chi connectivity index (χ0n) is 13.0. The summed E-state index contributed by atoms with van der Waals surface area (Å²) in [5.41, 5.74) is 2.76. The van der Waals surface area contributed by atoms with Crippen molar-refractivity contribution >= 4 is 17.7 Å². The summed E-state index contributed by atoms with van der Waals surface area (Å²) in [6.07, 6.45) is 8.40. The maximum Gasteiger partial charge on any atom is 0.233 e. The average molecular weight is 303 g/mol. The molecule has 2 nitrogen and oxygen atoms in total. The van der Waals surface area contributed by atoms with Gasteiger partial charge in [0.05, 0.1) is 5.25 Å². The summed E-state index contributed by atoms with van der Waals surface area (Å²) in [6.45, 7) is 4.81. The van der Waals surface area contributed by atoms with Gasteiger partial charge in [-0.15, -0.1) is 11.8 Å². The van der Waals surface area contributed by atoms with Gasteiger partial charge in [-0.1, -0.05) is 29.3 Å². The highest BCUT2D eigenvalue weighted by atomic mass is 32.2. The van der Waals surface area contributed by atoms with Crippen molar-refractivity contribution < 1.29 is 4.79 Å². The van der Waals surface area contributed by atoms with Gasteiger partial charge < -0.3 is 5.32 Å². The molecule has 1 aromatic carbocycles. The number of thioether (sulfide) groups is 1. The average Bonchev–Trinajstić information content (AvgIpc) is 2.50. The number of rotatable bonds is 6. The van der Waals surface area contributed by atoms with Gasteiger partial charge in [0.25, 0.3) is 0 Å². The van der Waals surface area contributed by atoms with Crippen LogP contribution in [0.5, 0.6) is 0 Å². The molecule has 0 heterocycles. The second kappa shape index (κ2) is 8.28. The number of carbonyl (C=O) groups excluding carboxylic acids is 1. The lowest BCUT2D eigenvalue weighted by atomic mass is 9.97. The van der Waals surface area contributed by atoms with E-state index < -0.39 is 0 Å². The third-order valence-corrected chi connectivity index (χ3v) is 4.95. The smallest absolute Gasteiger partial charge is 0.233 e. The van der Waals surface area contributed by atoms with Gasteiger partial charge in [0.15, 0.2) is 0 Å². The van der Waals surface area contributed by atoms with E-state index in [0.29, 0.717) is 0 Å². The van der Waals surface area contributed by atoms with Crippen molar-refractivity contribution in [1.82, 2.24) is 5.32 Å². The largest absolute Gasteiger partial charge is 0.355 e. The second-order valence-electron chi connectivity index (χ2n) is 5.72. The Bertz CT molecular complexity index is 492. The van der Waals surface area contributed by atoms with E-state index in [1.807, 2.05) is 6.92 Å². The number of hydrogen-bond acceptors (Lipinski definition) is 2. The van der Waals surface area contributed by atoms with Crippen molar-refractivity contribution in [2.75, 3.05) is 6.54 Å². The van der Waals surface area contributed by atoms with Crippen LogP contribution in [0.2, 0.25) is 0 Å². The Hall–Kier alpha value is -1.22. The molecular formula is C18H25NOS. The zero-order chi connectivity index (χ0) is 15.1. The lowest BCUT2D eigenvalue weighted by molar-refractivity contribution is -0.120. The van der Waals surface area contributed by atoms with Crippen molar-refractivity contribution in [3.8, 4) is 0 Å². The zero-order valence-corrected chi connectivity index (χ0v) is 13.8. The quantitative estimate of drug-likeness (QED) is 0.620. The second-order valence-corrected chi connectivity index (χ2v) is 7.14. The number of aryl methyl sites for hydroxylation is 1. The van der Waals surface area contributed by atoms with E-state index in [2.05, 4.69) is 42.6 Å². The van der Waals surface area contributed by atoms with Gasteiger partial charge in [-0.2, -0.15) is 0 Å². The molecule has 0 aliphatic heterocycles. The molecule has 1 N–H and O–H groups in total. The molecule has 1 aromatic rings. The molecule has 0 radical (unpaired) electrons. The van der Waals surface area contributed by atoms with E-state index in [4.69, 9.17) is 0 Å². The molecule has 0 fully saturated rings. The molecule has 0 spiro atoms. The molecule has 0 saturated carbocycles. The normalized spacial score (nSPS) is 16.2. The highest BCUT2D eigenvalue weighted by Crippen LogP contribution is 2.23. The Morgan fingerprint density at radius 1 is 1.29 bits per heavy atom. The van der Waals surface area contributed by atoms with Crippen LogP contribution < -0.4 is 5.32 Å². The minimum atomic E-state index is -0.0481.